The monoisotopic (exact) mass is 315 g/mol. The molecule has 0 unspecified atom stereocenters. The van der Waals surface area contributed by atoms with Crippen LogP contribution in [-0.4, -0.2) is 68.1 Å². The van der Waals surface area contributed by atoms with Crippen LogP contribution in [0.25, 0.3) is 0 Å². The topological polar surface area (TPSA) is 42.9 Å². The summed E-state index contributed by atoms with van der Waals surface area (Å²) in [4.78, 5) is 9.58. The lowest BCUT2D eigenvalue weighted by atomic mass is 10.2. The van der Waals surface area contributed by atoms with Gasteiger partial charge in [0.2, 0.25) is 0 Å². The van der Waals surface area contributed by atoms with Crippen LogP contribution in [0.5, 0.6) is 0 Å². The molecule has 5 nitrogen and oxygen atoms in total. The molecule has 0 saturated carbocycles. The van der Waals surface area contributed by atoms with Gasteiger partial charge in [0, 0.05) is 52.4 Å². The third-order valence-corrected chi connectivity index (χ3v) is 4.55. The fraction of sp³-hybridized carbons (Fsp3) is 0.611. The molecule has 1 aromatic rings. The molecule has 0 aliphatic carbocycles. The summed E-state index contributed by atoms with van der Waals surface area (Å²) in [6, 6.07) is 10.8. The molecule has 0 aromatic heterocycles. The zero-order valence-corrected chi connectivity index (χ0v) is 14.0. The Kier molecular flexibility index (Phi) is 6.29. The molecule has 0 bridgehead atoms. The van der Waals surface area contributed by atoms with Crippen molar-refractivity contribution < 1.29 is 0 Å². The van der Waals surface area contributed by atoms with E-state index in [1.165, 1.54) is 44.7 Å². The first-order valence-electron chi connectivity index (χ1n) is 8.91. The van der Waals surface area contributed by atoms with Gasteiger partial charge in [-0.2, -0.15) is 0 Å². The Morgan fingerprint density at radius 1 is 1.04 bits per heavy atom. The minimum Gasteiger partial charge on any atom is -0.356 e. The molecular formula is C18H29N5. The number of piperazine rings is 1. The lowest BCUT2D eigenvalue weighted by Gasteiger charge is -2.34. The van der Waals surface area contributed by atoms with E-state index in [0.717, 1.165) is 38.6 Å². The van der Waals surface area contributed by atoms with Crippen molar-refractivity contribution in [2.45, 2.75) is 19.4 Å². The Morgan fingerprint density at radius 2 is 1.83 bits per heavy atom. The minimum absolute atomic E-state index is 0.957. The van der Waals surface area contributed by atoms with Crippen molar-refractivity contribution in [3.8, 4) is 0 Å². The average Bonchev–Trinajstić information content (AvgIpc) is 2.62. The van der Waals surface area contributed by atoms with Gasteiger partial charge in [0.05, 0.1) is 0 Å². The number of aliphatic imine (C=N–C) groups is 1. The smallest absolute Gasteiger partial charge is 0.191 e. The summed E-state index contributed by atoms with van der Waals surface area (Å²) >= 11 is 0. The van der Waals surface area contributed by atoms with Crippen LogP contribution >= 0.6 is 0 Å². The molecule has 0 radical (unpaired) electrons. The van der Waals surface area contributed by atoms with Gasteiger partial charge >= 0.3 is 0 Å². The quantitative estimate of drug-likeness (QED) is 0.773. The number of hydrogen-bond acceptors (Lipinski definition) is 5. The SMILES string of the molecule is c1ccc(CN2CCN(CCCNC3=NCCCN3)CC2)cc1. The molecule has 0 amide bonds. The number of guanidine groups is 1. The highest BCUT2D eigenvalue weighted by Gasteiger charge is 2.16. The molecule has 0 spiro atoms. The highest BCUT2D eigenvalue weighted by molar-refractivity contribution is 5.80. The van der Waals surface area contributed by atoms with E-state index in [2.05, 4.69) is 55.8 Å². The van der Waals surface area contributed by atoms with Crippen molar-refractivity contribution in [3.63, 3.8) is 0 Å². The molecule has 1 saturated heterocycles. The molecule has 126 valence electrons. The first-order chi connectivity index (χ1) is 11.4. The molecular weight excluding hydrogens is 286 g/mol. The Balaban J connectivity index is 1.28. The highest BCUT2D eigenvalue weighted by Crippen LogP contribution is 2.08. The Hall–Kier alpha value is -1.59. The summed E-state index contributed by atoms with van der Waals surface area (Å²) in [6.45, 7) is 10.0. The van der Waals surface area contributed by atoms with E-state index in [0.29, 0.717) is 0 Å². The summed E-state index contributed by atoms with van der Waals surface area (Å²) in [5, 5.41) is 6.71. The van der Waals surface area contributed by atoms with Crippen LogP contribution in [0.3, 0.4) is 0 Å². The molecule has 1 fully saturated rings. The van der Waals surface area contributed by atoms with Gasteiger partial charge in [-0.3, -0.25) is 9.89 Å². The van der Waals surface area contributed by atoms with Crippen molar-refractivity contribution >= 4 is 5.96 Å². The lowest BCUT2D eigenvalue weighted by Crippen LogP contribution is -2.47. The molecule has 1 aromatic carbocycles. The van der Waals surface area contributed by atoms with E-state index in [-0.39, 0.29) is 0 Å². The second-order valence-corrected chi connectivity index (χ2v) is 6.39. The predicted molar refractivity (Wildman–Crippen MR) is 95.7 cm³/mol. The third-order valence-electron chi connectivity index (χ3n) is 4.55. The highest BCUT2D eigenvalue weighted by atomic mass is 15.3. The van der Waals surface area contributed by atoms with Gasteiger partial charge < -0.3 is 15.5 Å². The lowest BCUT2D eigenvalue weighted by molar-refractivity contribution is 0.126. The first-order valence-corrected chi connectivity index (χ1v) is 8.91. The van der Waals surface area contributed by atoms with E-state index >= 15 is 0 Å². The fourth-order valence-corrected chi connectivity index (χ4v) is 3.17. The molecule has 23 heavy (non-hydrogen) atoms. The predicted octanol–water partition coefficient (Wildman–Crippen LogP) is 1.13. The van der Waals surface area contributed by atoms with Crippen LogP contribution in [0.2, 0.25) is 0 Å². The largest absolute Gasteiger partial charge is 0.356 e. The Bertz CT molecular complexity index is 479. The first kappa shape index (κ1) is 16.3. The summed E-state index contributed by atoms with van der Waals surface area (Å²) < 4.78 is 0. The summed E-state index contributed by atoms with van der Waals surface area (Å²) in [5.74, 6) is 0.990. The fourth-order valence-electron chi connectivity index (χ4n) is 3.17. The third kappa shape index (κ3) is 5.52. The summed E-state index contributed by atoms with van der Waals surface area (Å²) in [7, 11) is 0. The maximum atomic E-state index is 4.44. The van der Waals surface area contributed by atoms with E-state index in [9.17, 15) is 0 Å². The minimum atomic E-state index is 0.957. The van der Waals surface area contributed by atoms with Crippen molar-refractivity contribution in [2.75, 3.05) is 52.4 Å². The zero-order valence-electron chi connectivity index (χ0n) is 14.0. The van der Waals surface area contributed by atoms with E-state index in [4.69, 9.17) is 0 Å². The van der Waals surface area contributed by atoms with Gasteiger partial charge in [0.1, 0.15) is 0 Å². The van der Waals surface area contributed by atoms with Crippen LogP contribution in [-0.2, 0) is 6.54 Å². The van der Waals surface area contributed by atoms with Crippen LogP contribution in [0.4, 0.5) is 0 Å². The number of nitrogens with one attached hydrogen (secondary N) is 2. The van der Waals surface area contributed by atoms with E-state index in [1.807, 2.05) is 0 Å². The van der Waals surface area contributed by atoms with Gasteiger partial charge in [0.25, 0.3) is 0 Å². The zero-order chi connectivity index (χ0) is 15.7. The summed E-state index contributed by atoms with van der Waals surface area (Å²) in [6.07, 6.45) is 2.33. The number of nitrogens with zero attached hydrogens (tertiary/aromatic N) is 3. The molecule has 5 heteroatoms. The van der Waals surface area contributed by atoms with Gasteiger partial charge in [-0.1, -0.05) is 30.3 Å². The molecule has 2 aliphatic heterocycles. The van der Waals surface area contributed by atoms with Crippen molar-refractivity contribution in [1.29, 1.82) is 0 Å². The van der Waals surface area contributed by atoms with Crippen LogP contribution in [0, 0.1) is 0 Å². The second kappa shape index (κ2) is 8.89. The number of rotatable bonds is 6. The number of hydrogen-bond donors (Lipinski definition) is 2. The molecule has 2 aliphatic rings. The van der Waals surface area contributed by atoms with Crippen LogP contribution in [0.15, 0.2) is 35.3 Å². The van der Waals surface area contributed by atoms with Gasteiger partial charge in [-0.25, -0.2) is 0 Å². The second-order valence-electron chi connectivity index (χ2n) is 6.39. The Morgan fingerprint density at radius 3 is 2.57 bits per heavy atom. The molecule has 2 heterocycles. The number of benzene rings is 1. The van der Waals surface area contributed by atoms with Crippen molar-refractivity contribution in [2.24, 2.45) is 4.99 Å². The average molecular weight is 315 g/mol. The molecule has 3 rings (SSSR count). The maximum absolute atomic E-state index is 4.44. The van der Waals surface area contributed by atoms with Crippen molar-refractivity contribution in [1.82, 2.24) is 20.4 Å². The van der Waals surface area contributed by atoms with E-state index in [1.54, 1.807) is 0 Å². The van der Waals surface area contributed by atoms with E-state index < -0.39 is 0 Å². The van der Waals surface area contributed by atoms with Gasteiger partial charge in [-0.05, 0) is 24.9 Å². The van der Waals surface area contributed by atoms with Crippen LogP contribution in [0.1, 0.15) is 18.4 Å². The maximum Gasteiger partial charge on any atom is 0.191 e. The summed E-state index contributed by atoms with van der Waals surface area (Å²) in [5.41, 5.74) is 1.42. The van der Waals surface area contributed by atoms with Crippen molar-refractivity contribution in [3.05, 3.63) is 35.9 Å². The molecule has 2 N–H and O–H groups in total. The Labute approximate surface area is 139 Å². The van der Waals surface area contributed by atoms with Crippen LogP contribution < -0.4 is 10.6 Å². The normalized spacial score (nSPS) is 19.9. The molecule has 0 atom stereocenters. The standard InChI is InChI=1S/C18H29N5/c1-2-6-17(7-3-1)16-23-14-12-22(13-15-23)11-5-10-21-18-19-8-4-9-20-18/h1-3,6-7H,4-5,8-16H2,(H2,19,20,21). The van der Waals surface area contributed by atoms with Gasteiger partial charge in [0.15, 0.2) is 5.96 Å². The van der Waals surface area contributed by atoms with Gasteiger partial charge in [-0.15, -0.1) is 0 Å².